The third kappa shape index (κ3) is 6.18. The minimum atomic E-state index is -4.05. The summed E-state index contributed by atoms with van der Waals surface area (Å²) in [5, 5.41) is 0.544. The molecule has 5 nitrogen and oxygen atoms in total. The third-order valence-electron chi connectivity index (χ3n) is 6.40. The van der Waals surface area contributed by atoms with Gasteiger partial charge in [-0.05, 0) is 68.0 Å². The first-order chi connectivity index (χ1) is 16.7. The molecule has 0 aromatic heterocycles. The molecule has 0 aliphatic carbocycles. The van der Waals surface area contributed by atoms with Gasteiger partial charge < -0.3 is 4.90 Å². The fraction of sp³-hybridized carbons (Fsp3) is 0.296. The molecule has 8 heteroatoms. The van der Waals surface area contributed by atoms with E-state index in [9.17, 15) is 13.2 Å². The zero-order valence-corrected chi connectivity index (χ0v) is 21.9. The number of hydrogen-bond donors (Lipinski definition) is 0. The van der Waals surface area contributed by atoms with Gasteiger partial charge in [-0.25, -0.2) is 8.42 Å². The molecule has 1 heterocycles. The Morgan fingerprint density at radius 1 is 0.971 bits per heavy atom. The van der Waals surface area contributed by atoms with Crippen LogP contribution in [0, 0.1) is 12.8 Å². The molecule has 1 aliphatic heterocycles. The highest BCUT2D eigenvalue weighted by atomic mass is 35.5. The molecule has 0 radical (unpaired) electrons. The lowest BCUT2D eigenvalue weighted by molar-refractivity contribution is -0.130. The van der Waals surface area contributed by atoms with Crippen LogP contribution in [0.25, 0.3) is 0 Å². The molecule has 0 bridgehead atoms. The summed E-state index contributed by atoms with van der Waals surface area (Å²) in [4.78, 5) is 15.2. The Kier molecular flexibility index (Phi) is 8.05. The second-order valence-corrected chi connectivity index (χ2v) is 11.6. The maximum Gasteiger partial charge on any atom is 0.264 e. The Morgan fingerprint density at radius 2 is 1.63 bits per heavy atom. The first-order valence-electron chi connectivity index (χ1n) is 11.6. The van der Waals surface area contributed by atoms with Crippen LogP contribution in [-0.2, 0) is 21.2 Å². The second kappa shape index (κ2) is 11.0. The van der Waals surface area contributed by atoms with E-state index < -0.39 is 10.0 Å². The average molecular weight is 532 g/mol. The monoisotopic (exact) mass is 530 g/mol. The second-order valence-electron chi connectivity index (χ2n) is 8.93. The normalized spacial score (nSPS) is 14.7. The predicted molar refractivity (Wildman–Crippen MR) is 142 cm³/mol. The van der Waals surface area contributed by atoms with Crippen LogP contribution in [-0.4, -0.2) is 38.9 Å². The van der Waals surface area contributed by atoms with E-state index in [2.05, 4.69) is 12.1 Å². The number of hydrogen-bond acceptors (Lipinski definition) is 3. The Labute approximate surface area is 217 Å². The first-order valence-corrected chi connectivity index (χ1v) is 13.8. The van der Waals surface area contributed by atoms with E-state index in [1.54, 1.807) is 23.1 Å². The van der Waals surface area contributed by atoms with E-state index in [4.69, 9.17) is 23.2 Å². The van der Waals surface area contributed by atoms with Gasteiger partial charge >= 0.3 is 0 Å². The van der Waals surface area contributed by atoms with Crippen LogP contribution in [0.15, 0.2) is 77.7 Å². The Bertz CT molecular complexity index is 1270. The van der Waals surface area contributed by atoms with Gasteiger partial charge in [-0.2, -0.15) is 0 Å². The molecule has 0 unspecified atom stereocenters. The van der Waals surface area contributed by atoms with Crippen molar-refractivity contribution >= 4 is 44.8 Å². The van der Waals surface area contributed by atoms with Gasteiger partial charge in [0.25, 0.3) is 10.0 Å². The van der Waals surface area contributed by atoms with Gasteiger partial charge in [-0.1, -0.05) is 71.2 Å². The molecular formula is C27H28Cl2N2O3S. The molecule has 0 spiro atoms. The van der Waals surface area contributed by atoms with E-state index in [0.29, 0.717) is 24.0 Å². The largest absolute Gasteiger partial charge is 0.341 e. The van der Waals surface area contributed by atoms with Gasteiger partial charge in [-0.3, -0.25) is 9.10 Å². The average Bonchev–Trinajstić information content (AvgIpc) is 2.85. The molecular weight excluding hydrogens is 503 g/mol. The van der Waals surface area contributed by atoms with Crippen LogP contribution < -0.4 is 4.31 Å². The molecule has 3 aromatic carbocycles. The van der Waals surface area contributed by atoms with E-state index in [1.807, 2.05) is 25.1 Å². The minimum absolute atomic E-state index is 0.0912. The number of anilines is 1. The summed E-state index contributed by atoms with van der Waals surface area (Å²) in [6.45, 7) is 2.72. The van der Waals surface area contributed by atoms with Gasteiger partial charge in [0.1, 0.15) is 6.54 Å². The van der Waals surface area contributed by atoms with Crippen molar-refractivity contribution in [2.75, 3.05) is 23.9 Å². The van der Waals surface area contributed by atoms with Crippen LogP contribution in [0.5, 0.6) is 0 Å². The summed E-state index contributed by atoms with van der Waals surface area (Å²) >= 11 is 12.6. The van der Waals surface area contributed by atoms with Crippen LogP contribution >= 0.6 is 23.2 Å². The van der Waals surface area contributed by atoms with Crippen LogP contribution in [0.4, 0.5) is 5.69 Å². The topological polar surface area (TPSA) is 57.7 Å². The highest BCUT2D eigenvalue weighted by Crippen LogP contribution is 2.33. The quantitative estimate of drug-likeness (QED) is 0.377. The summed E-state index contributed by atoms with van der Waals surface area (Å²) in [6, 6.07) is 21.5. The van der Waals surface area contributed by atoms with Gasteiger partial charge in [0.2, 0.25) is 5.91 Å². The number of piperidine rings is 1. The number of rotatable bonds is 7. The lowest BCUT2D eigenvalue weighted by atomic mass is 9.90. The number of likely N-dealkylation sites (tertiary alicyclic amines) is 1. The molecule has 1 aliphatic rings. The maximum absolute atomic E-state index is 13.6. The molecule has 3 aromatic rings. The van der Waals surface area contributed by atoms with Crippen molar-refractivity contribution in [3.63, 3.8) is 0 Å². The lowest BCUT2D eigenvalue weighted by Gasteiger charge is -2.34. The van der Waals surface area contributed by atoms with Crippen molar-refractivity contribution in [2.24, 2.45) is 5.92 Å². The molecule has 4 rings (SSSR count). The SMILES string of the molecule is Cc1ccc(S(=O)(=O)N(CC(=O)N2CCC(Cc3ccccc3)CC2)c2cc(Cl)ccc2Cl)cc1. The van der Waals surface area contributed by atoms with Crippen molar-refractivity contribution in [3.05, 3.63) is 94.0 Å². The number of amides is 1. The van der Waals surface area contributed by atoms with Crippen molar-refractivity contribution < 1.29 is 13.2 Å². The Morgan fingerprint density at radius 3 is 2.29 bits per heavy atom. The zero-order valence-electron chi connectivity index (χ0n) is 19.5. The van der Waals surface area contributed by atoms with Crippen molar-refractivity contribution in [2.45, 2.75) is 31.1 Å². The number of halogens is 2. The molecule has 35 heavy (non-hydrogen) atoms. The summed E-state index contributed by atoms with van der Waals surface area (Å²) in [7, 11) is -4.05. The third-order valence-corrected chi connectivity index (χ3v) is 8.73. The van der Waals surface area contributed by atoms with E-state index in [0.717, 1.165) is 29.1 Å². The molecule has 1 saturated heterocycles. The lowest BCUT2D eigenvalue weighted by Crippen LogP contribution is -2.46. The van der Waals surface area contributed by atoms with Gasteiger partial charge in [0, 0.05) is 18.1 Å². The number of aryl methyl sites for hydroxylation is 1. The minimum Gasteiger partial charge on any atom is -0.341 e. The first kappa shape index (κ1) is 25.5. The molecule has 1 amide bonds. The molecule has 0 N–H and O–H groups in total. The summed E-state index contributed by atoms with van der Waals surface area (Å²) in [6.07, 6.45) is 2.74. The number of nitrogens with zero attached hydrogens (tertiary/aromatic N) is 2. The van der Waals surface area contributed by atoms with Crippen molar-refractivity contribution in [3.8, 4) is 0 Å². The van der Waals surface area contributed by atoms with E-state index in [-0.39, 0.29) is 28.1 Å². The number of benzene rings is 3. The highest BCUT2D eigenvalue weighted by Gasteiger charge is 2.32. The fourth-order valence-corrected chi connectivity index (χ4v) is 6.23. The fourth-order valence-electron chi connectivity index (χ4n) is 4.37. The number of carbonyl (C=O) groups excluding carboxylic acids is 1. The zero-order chi connectivity index (χ0) is 25.0. The van der Waals surface area contributed by atoms with Gasteiger partial charge in [0.15, 0.2) is 0 Å². The van der Waals surface area contributed by atoms with Crippen molar-refractivity contribution in [1.82, 2.24) is 4.90 Å². The summed E-state index contributed by atoms with van der Waals surface area (Å²) in [5.74, 6) is 0.242. The standard InChI is InChI=1S/C27H28Cl2N2O3S/c1-20-7-10-24(11-8-20)35(33,34)31(26-18-23(28)9-12-25(26)29)19-27(32)30-15-13-22(14-16-30)17-21-5-3-2-4-6-21/h2-12,18,22H,13-17,19H2,1H3. The van der Waals surface area contributed by atoms with Gasteiger partial charge in [0.05, 0.1) is 15.6 Å². The predicted octanol–water partition coefficient (Wildman–Crippen LogP) is 5.98. The van der Waals surface area contributed by atoms with E-state index >= 15 is 0 Å². The number of sulfonamides is 1. The van der Waals surface area contributed by atoms with Crippen LogP contribution in [0.2, 0.25) is 10.0 Å². The Balaban J connectivity index is 1.53. The maximum atomic E-state index is 13.6. The summed E-state index contributed by atoms with van der Waals surface area (Å²) < 4.78 is 28.3. The van der Waals surface area contributed by atoms with Gasteiger partial charge in [-0.15, -0.1) is 0 Å². The van der Waals surface area contributed by atoms with Crippen LogP contribution in [0.3, 0.4) is 0 Å². The molecule has 1 fully saturated rings. The van der Waals surface area contributed by atoms with Crippen molar-refractivity contribution in [1.29, 1.82) is 0 Å². The van der Waals surface area contributed by atoms with Crippen LogP contribution in [0.1, 0.15) is 24.0 Å². The smallest absolute Gasteiger partial charge is 0.264 e. The Hall–Kier alpha value is -2.54. The van der Waals surface area contributed by atoms with E-state index in [1.165, 1.54) is 29.8 Å². The molecule has 0 saturated carbocycles. The highest BCUT2D eigenvalue weighted by molar-refractivity contribution is 7.92. The molecule has 0 atom stereocenters. The summed E-state index contributed by atoms with van der Waals surface area (Å²) in [5.41, 5.74) is 2.42. The number of carbonyl (C=O) groups is 1. The molecule has 184 valence electrons.